The molecule has 1 fully saturated rings. The molecule has 0 spiro atoms. The number of nitrogens with one attached hydrogen (secondary N) is 2. The summed E-state index contributed by atoms with van der Waals surface area (Å²) in [6.07, 6.45) is 19.9. The van der Waals surface area contributed by atoms with Crippen molar-refractivity contribution in [3.8, 4) is 0 Å². The maximum Gasteiger partial charge on any atom is 0.137 e. The lowest BCUT2D eigenvalue weighted by Gasteiger charge is -2.16. The van der Waals surface area contributed by atoms with Gasteiger partial charge in [0.05, 0.1) is 11.3 Å². The summed E-state index contributed by atoms with van der Waals surface area (Å²) < 4.78 is 0. The molecule has 0 saturated heterocycles. The summed E-state index contributed by atoms with van der Waals surface area (Å²) in [6, 6.07) is 0.284. The lowest BCUT2D eigenvalue weighted by Crippen LogP contribution is -2.26. The van der Waals surface area contributed by atoms with Gasteiger partial charge in [-0.05, 0) is 69.7 Å². The zero-order chi connectivity index (χ0) is 23.5. The number of thiazole rings is 1. The van der Waals surface area contributed by atoms with Crippen molar-refractivity contribution >= 4 is 35.9 Å². The largest absolute Gasteiger partial charge is 0.396 e. The molecule has 1 aromatic rings. The first-order valence-electron chi connectivity index (χ1n) is 12.1. The van der Waals surface area contributed by atoms with Crippen molar-refractivity contribution in [2.24, 2.45) is 15.9 Å². The molecule has 178 valence electrons. The minimum Gasteiger partial charge on any atom is -0.396 e. The zero-order valence-electron chi connectivity index (χ0n) is 19.9. The van der Waals surface area contributed by atoms with Gasteiger partial charge in [-0.1, -0.05) is 32.1 Å². The Morgan fingerprint density at radius 3 is 2.79 bits per heavy atom. The van der Waals surface area contributed by atoms with Gasteiger partial charge in [0.25, 0.3) is 0 Å². The van der Waals surface area contributed by atoms with Crippen LogP contribution in [0.3, 0.4) is 0 Å². The maximum absolute atomic E-state index is 9.48. The van der Waals surface area contributed by atoms with E-state index in [-0.39, 0.29) is 12.6 Å². The fourth-order valence-electron chi connectivity index (χ4n) is 4.21. The topological polar surface area (TPSA) is 81.9 Å². The van der Waals surface area contributed by atoms with Crippen molar-refractivity contribution in [2.45, 2.75) is 64.8 Å². The molecular formula is C26H37N5OS. The lowest BCUT2D eigenvalue weighted by molar-refractivity contribution is 0.228. The van der Waals surface area contributed by atoms with Gasteiger partial charge in [0.2, 0.25) is 0 Å². The second-order valence-corrected chi connectivity index (χ2v) is 9.26. The van der Waals surface area contributed by atoms with E-state index in [0.717, 1.165) is 72.7 Å². The zero-order valence-corrected chi connectivity index (χ0v) is 20.7. The number of hydrogen-bond donors (Lipinski definition) is 3. The third-order valence-electron chi connectivity index (χ3n) is 5.92. The molecule has 1 aromatic heterocycles. The molecule has 2 atom stereocenters. The van der Waals surface area contributed by atoms with Crippen LogP contribution in [0.15, 0.2) is 45.8 Å². The number of hydrogen-bond acceptors (Lipinski definition) is 7. The van der Waals surface area contributed by atoms with E-state index in [0.29, 0.717) is 12.6 Å². The van der Waals surface area contributed by atoms with Crippen LogP contribution in [-0.4, -0.2) is 42.3 Å². The summed E-state index contributed by atoms with van der Waals surface area (Å²) in [5.41, 5.74) is 3.05. The summed E-state index contributed by atoms with van der Waals surface area (Å²) in [5.74, 6) is 1.08. The van der Waals surface area contributed by atoms with E-state index < -0.39 is 0 Å². The van der Waals surface area contributed by atoms with Crippen LogP contribution in [-0.2, 0) is 6.42 Å². The Bertz CT molecular complexity index is 940. The van der Waals surface area contributed by atoms with E-state index >= 15 is 0 Å². The van der Waals surface area contributed by atoms with E-state index in [9.17, 15) is 5.11 Å². The Morgan fingerprint density at radius 1 is 1.24 bits per heavy atom. The Labute approximate surface area is 202 Å². The number of aromatic nitrogens is 1. The van der Waals surface area contributed by atoms with E-state index in [1.807, 2.05) is 20.1 Å². The molecule has 1 saturated carbocycles. The smallest absolute Gasteiger partial charge is 0.137 e. The van der Waals surface area contributed by atoms with Crippen molar-refractivity contribution in [3.63, 3.8) is 0 Å². The number of aliphatic hydroxyl groups is 1. The first-order chi connectivity index (χ1) is 16.3. The summed E-state index contributed by atoms with van der Waals surface area (Å²) in [7, 11) is 0. The van der Waals surface area contributed by atoms with Crippen LogP contribution in [0.4, 0.5) is 0 Å². The highest BCUT2D eigenvalue weighted by Gasteiger charge is 2.25. The molecule has 4 rings (SSSR count). The van der Waals surface area contributed by atoms with Crippen molar-refractivity contribution in [1.82, 2.24) is 15.6 Å². The van der Waals surface area contributed by atoms with Gasteiger partial charge in [0.1, 0.15) is 17.5 Å². The highest BCUT2D eigenvalue weighted by atomic mass is 32.1. The molecule has 2 unspecified atom stereocenters. The summed E-state index contributed by atoms with van der Waals surface area (Å²) in [5, 5.41) is 17.3. The molecule has 6 nitrogen and oxygen atoms in total. The number of fused-ring (bicyclic) bond motifs is 1. The SMILES string of the molecule is C=N/C(NC1CCC(CO)C1)=C(\C=N/CNC1=CCCC=C1)c1nc2c(s1)CCC=C2.CC. The van der Waals surface area contributed by atoms with Gasteiger partial charge < -0.3 is 15.7 Å². The average Bonchev–Trinajstić information content (AvgIpc) is 3.51. The minimum atomic E-state index is 0.245. The summed E-state index contributed by atoms with van der Waals surface area (Å²) >= 11 is 1.71. The number of aliphatic imine (C=N–C) groups is 2. The van der Waals surface area contributed by atoms with Gasteiger partial charge in [-0.15, -0.1) is 11.3 Å². The van der Waals surface area contributed by atoms with Crippen molar-refractivity contribution in [2.75, 3.05) is 13.3 Å². The molecule has 0 bridgehead atoms. The number of rotatable bonds is 9. The predicted octanol–water partition coefficient (Wildman–Crippen LogP) is 5.10. The van der Waals surface area contributed by atoms with Crippen molar-refractivity contribution < 1.29 is 5.11 Å². The highest BCUT2D eigenvalue weighted by molar-refractivity contribution is 7.13. The normalized spacial score (nSPS) is 22.2. The molecule has 0 aromatic carbocycles. The summed E-state index contributed by atoms with van der Waals surface area (Å²) in [4.78, 5) is 15.1. The fourth-order valence-corrected chi connectivity index (χ4v) is 5.28. The number of aryl methyl sites for hydroxylation is 1. The van der Waals surface area contributed by atoms with Gasteiger partial charge >= 0.3 is 0 Å². The molecule has 0 aliphatic heterocycles. The van der Waals surface area contributed by atoms with Crippen LogP contribution >= 0.6 is 11.3 Å². The first kappa shape index (κ1) is 25.1. The third-order valence-corrected chi connectivity index (χ3v) is 7.08. The average molecular weight is 468 g/mol. The van der Waals surface area contributed by atoms with E-state index in [1.54, 1.807) is 11.3 Å². The monoisotopic (exact) mass is 467 g/mol. The molecule has 3 aliphatic carbocycles. The predicted molar refractivity (Wildman–Crippen MR) is 142 cm³/mol. The quantitative estimate of drug-likeness (QED) is 0.441. The molecule has 0 radical (unpaired) electrons. The molecule has 3 N–H and O–H groups in total. The minimum absolute atomic E-state index is 0.245. The van der Waals surface area contributed by atoms with E-state index in [1.165, 1.54) is 4.88 Å². The molecule has 7 heteroatoms. The van der Waals surface area contributed by atoms with Crippen LogP contribution < -0.4 is 10.6 Å². The van der Waals surface area contributed by atoms with E-state index in [4.69, 9.17) is 4.98 Å². The summed E-state index contributed by atoms with van der Waals surface area (Å²) in [6.45, 7) is 8.56. The first-order valence-corrected chi connectivity index (χ1v) is 12.9. The third kappa shape index (κ3) is 6.98. The standard InChI is InChI=1S/C24H31N5OS.C2H6/c1-25-23(28-19-12-11-17(13-19)15-30)20(14-26-16-27-18-7-3-2-4-8-18)24-29-21-9-5-6-10-22(21)31-24;1-2/h3,5,7-9,14,17,19,27-28,30H,1-2,4,6,10-13,15-16H2;1-2H3/b23-20-,26-14-;. The Hall–Kier alpha value is -2.51. The fraction of sp³-hybridized carbons (Fsp3) is 0.500. The van der Waals surface area contributed by atoms with Crippen LogP contribution in [0.1, 0.15) is 68.0 Å². The number of allylic oxidation sites excluding steroid dienone is 5. The number of aliphatic hydroxyl groups excluding tert-OH is 1. The Kier molecular flexibility index (Phi) is 10.1. The van der Waals surface area contributed by atoms with Crippen molar-refractivity contribution in [3.05, 3.63) is 51.4 Å². The highest BCUT2D eigenvalue weighted by Crippen LogP contribution is 2.31. The lowest BCUT2D eigenvalue weighted by atomic mass is 10.1. The van der Waals surface area contributed by atoms with Crippen LogP contribution in [0.2, 0.25) is 0 Å². The van der Waals surface area contributed by atoms with Gasteiger partial charge in [-0.3, -0.25) is 4.99 Å². The van der Waals surface area contributed by atoms with Crippen LogP contribution in [0.5, 0.6) is 0 Å². The molecule has 0 amide bonds. The molecule has 3 aliphatic rings. The van der Waals surface area contributed by atoms with Gasteiger partial charge in [0, 0.05) is 29.4 Å². The second kappa shape index (κ2) is 13.3. The van der Waals surface area contributed by atoms with Crippen LogP contribution in [0, 0.1) is 5.92 Å². The van der Waals surface area contributed by atoms with Crippen LogP contribution in [0.25, 0.3) is 11.6 Å². The van der Waals surface area contributed by atoms with Gasteiger partial charge in [0.15, 0.2) is 0 Å². The second-order valence-electron chi connectivity index (χ2n) is 8.18. The molecule has 1 heterocycles. The maximum atomic E-state index is 9.48. The molecule has 33 heavy (non-hydrogen) atoms. The van der Waals surface area contributed by atoms with Gasteiger partial charge in [-0.2, -0.15) is 0 Å². The van der Waals surface area contributed by atoms with Gasteiger partial charge in [-0.25, -0.2) is 9.98 Å². The number of nitrogens with zero attached hydrogens (tertiary/aromatic N) is 3. The van der Waals surface area contributed by atoms with E-state index in [2.05, 4.69) is 57.7 Å². The Balaban J connectivity index is 0.00000149. The Morgan fingerprint density at radius 2 is 2.09 bits per heavy atom. The molecular weight excluding hydrogens is 430 g/mol. The van der Waals surface area contributed by atoms with Crippen molar-refractivity contribution in [1.29, 1.82) is 0 Å².